The van der Waals surface area contributed by atoms with Crippen molar-refractivity contribution in [2.45, 2.75) is 10.4 Å². The standard InChI is InChI=1S/C22H25N5OS/c1-24-20-18(23)21(27-12-14-28-15-13-27)26-22(25-20)29-19(16-8-4-2-5-9-16)17-10-6-3-7-11-17/h2-11,19H,12-15,23H2,1H3,(H,24,25,26). The number of benzene rings is 2. The Balaban J connectivity index is 1.72. The molecule has 7 heteroatoms. The molecule has 0 amide bonds. The van der Waals surface area contributed by atoms with Crippen LogP contribution in [-0.4, -0.2) is 43.3 Å². The van der Waals surface area contributed by atoms with Crippen molar-refractivity contribution in [2.24, 2.45) is 0 Å². The number of aromatic nitrogens is 2. The number of anilines is 3. The van der Waals surface area contributed by atoms with Crippen LogP contribution in [0.4, 0.5) is 17.3 Å². The van der Waals surface area contributed by atoms with Crippen LogP contribution in [0.2, 0.25) is 0 Å². The van der Waals surface area contributed by atoms with Crippen molar-refractivity contribution in [3.05, 3.63) is 71.8 Å². The molecular weight excluding hydrogens is 382 g/mol. The lowest BCUT2D eigenvalue weighted by Crippen LogP contribution is -2.37. The van der Waals surface area contributed by atoms with Crippen LogP contribution in [0.15, 0.2) is 65.8 Å². The van der Waals surface area contributed by atoms with E-state index < -0.39 is 0 Å². The SMILES string of the molecule is CNc1nc(SC(c2ccccc2)c2ccccc2)nc(N2CCOCC2)c1N. The van der Waals surface area contributed by atoms with Gasteiger partial charge in [-0.05, 0) is 11.1 Å². The Labute approximate surface area is 175 Å². The molecule has 0 aliphatic carbocycles. The number of nitrogens with one attached hydrogen (secondary N) is 1. The molecule has 1 aliphatic heterocycles. The fourth-order valence-corrected chi connectivity index (χ4v) is 4.47. The first-order valence-corrected chi connectivity index (χ1v) is 10.6. The molecule has 2 aromatic carbocycles. The Morgan fingerprint density at radius 1 is 0.966 bits per heavy atom. The van der Waals surface area contributed by atoms with E-state index in [0.29, 0.717) is 29.9 Å². The Hall–Kier alpha value is -2.77. The molecule has 150 valence electrons. The first-order chi connectivity index (χ1) is 14.3. The Kier molecular flexibility index (Phi) is 6.17. The smallest absolute Gasteiger partial charge is 0.192 e. The molecule has 0 radical (unpaired) electrons. The highest BCUT2D eigenvalue weighted by molar-refractivity contribution is 7.99. The third-order valence-electron chi connectivity index (χ3n) is 4.88. The van der Waals surface area contributed by atoms with Crippen LogP contribution >= 0.6 is 11.8 Å². The van der Waals surface area contributed by atoms with E-state index in [4.69, 9.17) is 20.4 Å². The van der Waals surface area contributed by atoms with Crippen molar-refractivity contribution in [2.75, 3.05) is 49.3 Å². The largest absolute Gasteiger partial charge is 0.393 e. The minimum absolute atomic E-state index is 0.0864. The lowest BCUT2D eigenvalue weighted by atomic mass is 10.0. The number of thioether (sulfide) groups is 1. The summed E-state index contributed by atoms with van der Waals surface area (Å²) in [5, 5.41) is 3.90. The fourth-order valence-electron chi connectivity index (χ4n) is 3.39. The zero-order valence-corrected chi connectivity index (χ0v) is 17.2. The summed E-state index contributed by atoms with van der Waals surface area (Å²) in [4.78, 5) is 11.7. The lowest BCUT2D eigenvalue weighted by Gasteiger charge is -2.29. The molecule has 0 spiro atoms. The Bertz CT molecular complexity index is 893. The number of rotatable bonds is 6. The van der Waals surface area contributed by atoms with E-state index in [1.807, 2.05) is 19.2 Å². The molecule has 0 saturated carbocycles. The van der Waals surface area contributed by atoms with E-state index in [-0.39, 0.29) is 5.25 Å². The zero-order chi connectivity index (χ0) is 20.1. The van der Waals surface area contributed by atoms with Crippen LogP contribution in [0.1, 0.15) is 16.4 Å². The summed E-state index contributed by atoms with van der Waals surface area (Å²) >= 11 is 1.64. The highest BCUT2D eigenvalue weighted by atomic mass is 32.2. The van der Waals surface area contributed by atoms with Gasteiger partial charge in [0.05, 0.1) is 18.5 Å². The van der Waals surface area contributed by atoms with Gasteiger partial charge >= 0.3 is 0 Å². The van der Waals surface area contributed by atoms with Crippen LogP contribution in [0, 0.1) is 0 Å². The van der Waals surface area contributed by atoms with Crippen LogP contribution in [0.5, 0.6) is 0 Å². The normalized spacial score (nSPS) is 14.2. The Morgan fingerprint density at radius 3 is 2.10 bits per heavy atom. The predicted molar refractivity (Wildman–Crippen MR) is 120 cm³/mol. The highest BCUT2D eigenvalue weighted by Crippen LogP contribution is 2.41. The van der Waals surface area contributed by atoms with Gasteiger partial charge in [0.2, 0.25) is 0 Å². The third kappa shape index (κ3) is 4.46. The van der Waals surface area contributed by atoms with Crippen molar-refractivity contribution >= 4 is 29.1 Å². The van der Waals surface area contributed by atoms with E-state index >= 15 is 0 Å². The van der Waals surface area contributed by atoms with E-state index in [9.17, 15) is 0 Å². The minimum Gasteiger partial charge on any atom is -0.393 e. The van der Waals surface area contributed by atoms with Crippen molar-refractivity contribution in [3.8, 4) is 0 Å². The van der Waals surface area contributed by atoms with Crippen molar-refractivity contribution in [1.29, 1.82) is 0 Å². The molecule has 0 bridgehead atoms. The van der Waals surface area contributed by atoms with Gasteiger partial charge in [-0.25, -0.2) is 9.97 Å². The van der Waals surface area contributed by atoms with Crippen molar-refractivity contribution in [1.82, 2.24) is 9.97 Å². The Morgan fingerprint density at radius 2 is 1.55 bits per heavy atom. The van der Waals surface area contributed by atoms with Crippen molar-refractivity contribution in [3.63, 3.8) is 0 Å². The molecule has 3 aromatic rings. The number of nitrogens with two attached hydrogens (primary N) is 1. The molecule has 6 nitrogen and oxygen atoms in total. The molecular formula is C22H25N5OS. The summed E-state index contributed by atoms with van der Waals surface area (Å²) in [5.74, 6) is 1.43. The van der Waals surface area contributed by atoms with Gasteiger partial charge in [0.15, 0.2) is 16.8 Å². The molecule has 29 heavy (non-hydrogen) atoms. The fraction of sp³-hybridized carbons (Fsp3) is 0.273. The molecule has 2 heterocycles. The summed E-state index contributed by atoms with van der Waals surface area (Å²) in [5.41, 5.74) is 9.37. The number of ether oxygens (including phenoxy) is 1. The second kappa shape index (κ2) is 9.15. The summed E-state index contributed by atoms with van der Waals surface area (Å²) in [7, 11) is 1.84. The first kappa shape index (κ1) is 19.5. The van der Waals surface area contributed by atoms with Gasteiger partial charge in [-0.3, -0.25) is 0 Å². The summed E-state index contributed by atoms with van der Waals surface area (Å²) < 4.78 is 5.48. The minimum atomic E-state index is 0.0864. The second-order valence-corrected chi connectivity index (χ2v) is 7.83. The summed E-state index contributed by atoms with van der Waals surface area (Å²) in [6.07, 6.45) is 0. The van der Waals surface area contributed by atoms with Crippen LogP contribution in [-0.2, 0) is 4.74 Å². The van der Waals surface area contributed by atoms with Crippen LogP contribution < -0.4 is 16.0 Å². The molecule has 0 unspecified atom stereocenters. The van der Waals surface area contributed by atoms with Gasteiger partial charge in [0.1, 0.15) is 5.69 Å². The molecule has 1 aliphatic rings. The van der Waals surface area contributed by atoms with Crippen molar-refractivity contribution < 1.29 is 4.74 Å². The maximum Gasteiger partial charge on any atom is 0.192 e. The first-order valence-electron chi connectivity index (χ1n) is 9.71. The average Bonchev–Trinajstić information content (AvgIpc) is 2.80. The van der Waals surface area contributed by atoms with Gasteiger partial charge < -0.3 is 20.7 Å². The third-order valence-corrected chi connectivity index (χ3v) is 6.05. The maximum atomic E-state index is 6.37. The number of hydrogen-bond acceptors (Lipinski definition) is 7. The summed E-state index contributed by atoms with van der Waals surface area (Å²) in [6, 6.07) is 20.9. The van der Waals surface area contributed by atoms with E-state index in [1.165, 1.54) is 11.1 Å². The zero-order valence-electron chi connectivity index (χ0n) is 16.4. The predicted octanol–water partition coefficient (Wildman–Crippen LogP) is 3.82. The van der Waals surface area contributed by atoms with Gasteiger partial charge in [0.25, 0.3) is 0 Å². The lowest BCUT2D eigenvalue weighted by molar-refractivity contribution is 0.122. The van der Waals surface area contributed by atoms with Gasteiger partial charge in [-0.15, -0.1) is 0 Å². The molecule has 4 rings (SSSR count). The number of nitrogens with zero attached hydrogens (tertiary/aromatic N) is 3. The molecule has 0 atom stereocenters. The quantitative estimate of drug-likeness (QED) is 0.475. The van der Waals surface area contributed by atoms with Gasteiger partial charge in [0, 0.05) is 20.1 Å². The van der Waals surface area contributed by atoms with E-state index in [0.717, 1.165) is 18.9 Å². The maximum absolute atomic E-state index is 6.37. The molecule has 1 aromatic heterocycles. The van der Waals surface area contributed by atoms with Crippen LogP contribution in [0.25, 0.3) is 0 Å². The summed E-state index contributed by atoms with van der Waals surface area (Å²) in [6.45, 7) is 2.90. The average molecular weight is 408 g/mol. The van der Waals surface area contributed by atoms with Crippen LogP contribution in [0.3, 0.4) is 0 Å². The molecule has 1 saturated heterocycles. The molecule has 3 N–H and O–H groups in total. The molecule has 1 fully saturated rings. The topological polar surface area (TPSA) is 76.3 Å². The van der Waals surface area contributed by atoms with E-state index in [2.05, 4.69) is 58.7 Å². The monoisotopic (exact) mass is 407 g/mol. The van der Waals surface area contributed by atoms with Gasteiger partial charge in [-0.2, -0.15) is 0 Å². The second-order valence-electron chi connectivity index (χ2n) is 6.76. The number of nitrogen functional groups attached to an aromatic ring is 1. The number of morpholine rings is 1. The van der Waals surface area contributed by atoms with Gasteiger partial charge in [-0.1, -0.05) is 72.4 Å². The number of hydrogen-bond donors (Lipinski definition) is 2. The van der Waals surface area contributed by atoms with E-state index in [1.54, 1.807) is 11.8 Å². The highest BCUT2D eigenvalue weighted by Gasteiger charge is 2.22.